The summed E-state index contributed by atoms with van der Waals surface area (Å²) < 4.78 is 5.11. The van der Waals surface area contributed by atoms with Crippen LogP contribution in [0.15, 0.2) is 6.33 Å². The van der Waals surface area contributed by atoms with E-state index in [0.717, 1.165) is 28.7 Å². The molecule has 128 valence electrons. The molecule has 0 radical (unpaired) electrons. The van der Waals surface area contributed by atoms with Crippen molar-refractivity contribution in [1.82, 2.24) is 14.9 Å². The molecule has 1 amide bonds. The second kappa shape index (κ2) is 6.72. The molecule has 3 heterocycles. The van der Waals surface area contributed by atoms with Gasteiger partial charge in [0.05, 0.1) is 12.0 Å². The van der Waals surface area contributed by atoms with E-state index in [1.807, 2.05) is 14.0 Å². The third-order valence-corrected chi connectivity index (χ3v) is 5.37. The molecule has 2 aromatic heterocycles. The summed E-state index contributed by atoms with van der Waals surface area (Å²) in [7, 11) is 1.82. The van der Waals surface area contributed by atoms with Crippen molar-refractivity contribution in [3.63, 3.8) is 0 Å². The quantitative estimate of drug-likeness (QED) is 0.853. The van der Waals surface area contributed by atoms with E-state index in [4.69, 9.17) is 4.74 Å². The van der Waals surface area contributed by atoms with Gasteiger partial charge in [0.15, 0.2) is 0 Å². The van der Waals surface area contributed by atoms with Gasteiger partial charge in [0.25, 0.3) is 0 Å². The van der Waals surface area contributed by atoms with Gasteiger partial charge in [-0.05, 0) is 25.8 Å². The molecule has 24 heavy (non-hydrogen) atoms. The van der Waals surface area contributed by atoms with E-state index in [9.17, 15) is 9.59 Å². The fourth-order valence-electron chi connectivity index (χ4n) is 2.83. The molecule has 0 saturated carbocycles. The summed E-state index contributed by atoms with van der Waals surface area (Å²) in [5.41, 5.74) is 0.816. The highest BCUT2D eigenvalue weighted by Crippen LogP contribution is 2.34. The molecule has 1 aliphatic rings. The number of nitrogens with zero attached hydrogens (tertiary/aromatic N) is 3. The van der Waals surface area contributed by atoms with E-state index in [2.05, 4.69) is 15.3 Å². The van der Waals surface area contributed by atoms with Crippen LogP contribution in [-0.4, -0.2) is 53.0 Å². The first-order valence-corrected chi connectivity index (χ1v) is 8.74. The van der Waals surface area contributed by atoms with E-state index in [1.165, 1.54) is 17.7 Å². The number of likely N-dealkylation sites (tertiary alicyclic amines) is 1. The first-order valence-electron chi connectivity index (χ1n) is 7.93. The monoisotopic (exact) mass is 348 g/mol. The molecule has 0 bridgehead atoms. The number of amides is 1. The third kappa shape index (κ3) is 3.06. The average molecular weight is 348 g/mol. The molecule has 8 heteroatoms. The van der Waals surface area contributed by atoms with Gasteiger partial charge in [-0.15, -0.1) is 11.3 Å². The second-order valence-corrected chi connectivity index (χ2v) is 6.83. The fraction of sp³-hybridized carbons (Fsp3) is 0.500. The van der Waals surface area contributed by atoms with Gasteiger partial charge in [-0.2, -0.15) is 0 Å². The van der Waals surface area contributed by atoms with Crippen LogP contribution in [0, 0.1) is 6.92 Å². The topological polar surface area (TPSA) is 84.4 Å². The Morgan fingerprint density at radius 1 is 1.50 bits per heavy atom. The average Bonchev–Trinajstić information content (AvgIpc) is 2.89. The zero-order chi connectivity index (χ0) is 17.3. The van der Waals surface area contributed by atoms with Crippen LogP contribution < -0.4 is 5.32 Å². The lowest BCUT2D eigenvalue weighted by Gasteiger charge is -2.29. The Bertz CT molecular complexity index is 789. The molecule has 1 unspecified atom stereocenters. The van der Waals surface area contributed by atoms with Crippen molar-refractivity contribution in [2.24, 2.45) is 0 Å². The van der Waals surface area contributed by atoms with E-state index in [0.29, 0.717) is 23.7 Å². The van der Waals surface area contributed by atoms with Gasteiger partial charge in [0.1, 0.15) is 21.9 Å². The van der Waals surface area contributed by atoms with E-state index in [-0.39, 0.29) is 17.9 Å². The van der Waals surface area contributed by atoms with Crippen LogP contribution in [0.4, 0.5) is 5.82 Å². The summed E-state index contributed by atoms with van der Waals surface area (Å²) >= 11 is 1.31. The number of carbonyl (C=O) groups is 2. The number of nitrogens with one attached hydrogen (secondary N) is 1. The molecule has 1 fully saturated rings. The van der Waals surface area contributed by atoms with Crippen molar-refractivity contribution >= 4 is 39.2 Å². The third-order valence-electron chi connectivity index (χ3n) is 4.19. The summed E-state index contributed by atoms with van der Waals surface area (Å²) in [6.45, 7) is 4.71. The van der Waals surface area contributed by atoms with Crippen LogP contribution in [0.2, 0.25) is 0 Å². The molecule has 1 aliphatic heterocycles. The number of rotatable bonds is 4. The molecule has 1 saturated heterocycles. The number of esters is 1. The number of aromatic nitrogens is 2. The van der Waals surface area contributed by atoms with Crippen molar-refractivity contribution < 1.29 is 14.3 Å². The lowest BCUT2D eigenvalue weighted by molar-refractivity contribution is -0.132. The van der Waals surface area contributed by atoms with Crippen LogP contribution in [0.25, 0.3) is 10.2 Å². The molecule has 7 nitrogen and oxygen atoms in total. The zero-order valence-electron chi connectivity index (χ0n) is 14.0. The first kappa shape index (κ1) is 16.6. The minimum absolute atomic E-state index is 0.0390. The van der Waals surface area contributed by atoms with Crippen molar-refractivity contribution in [2.75, 3.05) is 25.5 Å². The van der Waals surface area contributed by atoms with E-state index in [1.54, 1.807) is 11.8 Å². The molecule has 1 atom stereocenters. The Balaban J connectivity index is 1.91. The van der Waals surface area contributed by atoms with Gasteiger partial charge in [0, 0.05) is 26.1 Å². The zero-order valence-corrected chi connectivity index (χ0v) is 14.8. The van der Waals surface area contributed by atoms with E-state index >= 15 is 0 Å². The summed E-state index contributed by atoms with van der Waals surface area (Å²) in [6, 6.07) is 0.0390. The van der Waals surface area contributed by atoms with Crippen LogP contribution in [-0.2, 0) is 9.53 Å². The largest absolute Gasteiger partial charge is 0.462 e. The number of hydrogen-bond acceptors (Lipinski definition) is 7. The molecule has 0 spiro atoms. The number of hydrogen-bond donors (Lipinski definition) is 1. The number of carbonyl (C=O) groups excluding carboxylic acids is 2. The number of fused-ring (bicyclic) bond motifs is 1. The molecule has 1 N–H and O–H groups in total. The maximum Gasteiger partial charge on any atom is 0.348 e. The minimum atomic E-state index is -0.335. The molecule has 0 aliphatic carbocycles. The van der Waals surface area contributed by atoms with Crippen LogP contribution in [0.1, 0.15) is 35.0 Å². The predicted molar refractivity (Wildman–Crippen MR) is 92.4 cm³/mol. The normalized spacial score (nSPS) is 18.0. The maximum atomic E-state index is 12.1. The van der Waals surface area contributed by atoms with Crippen LogP contribution in [0.3, 0.4) is 0 Å². The summed E-state index contributed by atoms with van der Waals surface area (Å²) in [6.07, 6.45) is 2.78. The minimum Gasteiger partial charge on any atom is -0.462 e. The smallest absolute Gasteiger partial charge is 0.348 e. The highest BCUT2D eigenvalue weighted by Gasteiger charge is 2.25. The van der Waals surface area contributed by atoms with Crippen molar-refractivity contribution in [2.45, 2.75) is 32.7 Å². The van der Waals surface area contributed by atoms with Gasteiger partial charge in [-0.3, -0.25) is 4.79 Å². The summed E-state index contributed by atoms with van der Waals surface area (Å²) in [5, 5.41) is 4.19. The van der Waals surface area contributed by atoms with Crippen molar-refractivity contribution in [1.29, 1.82) is 0 Å². The number of anilines is 1. The van der Waals surface area contributed by atoms with Crippen LogP contribution in [0.5, 0.6) is 0 Å². The molecule has 2 aromatic rings. The Morgan fingerprint density at radius 3 is 3.00 bits per heavy atom. The highest BCUT2D eigenvalue weighted by atomic mass is 32.1. The first-order chi connectivity index (χ1) is 11.5. The van der Waals surface area contributed by atoms with Crippen LogP contribution >= 0.6 is 11.3 Å². The number of aryl methyl sites for hydroxylation is 1. The molecule has 0 aromatic carbocycles. The standard InChI is InChI=1S/C16H20N4O3S/c1-4-23-16(22)13-9(2)12-14(17-8-18-15(12)24-13)19-10-5-6-20(3)11(21)7-10/h8,10H,4-7H2,1-3H3,(H,17,18,19). The van der Waals surface area contributed by atoms with Gasteiger partial charge >= 0.3 is 5.97 Å². The SMILES string of the molecule is CCOC(=O)c1sc2ncnc(NC3CCN(C)C(=O)C3)c2c1C. The van der Waals surface area contributed by atoms with Crippen molar-refractivity contribution in [3.05, 3.63) is 16.8 Å². The molecule has 3 rings (SSSR count). The Hall–Kier alpha value is -2.22. The molecular weight excluding hydrogens is 328 g/mol. The van der Waals surface area contributed by atoms with Gasteiger partial charge in [0.2, 0.25) is 5.91 Å². The fourth-order valence-corrected chi connectivity index (χ4v) is 3.87. The lowest BCUT2D eigenvalue weighted by Crippen LogP contribution is -2.41. The maximum absolute atomic E-state index is 12.1. The number of thiophene rings is 1. The van der Waals surface area contributed by atoms with Gasteiger partial charge in [-0.1, -0.05) is 0 Å². The Kier molecular flexibility index (Phi) is 4.66. The lowest BCUT2D eigenvalue weighted by atomic mass is 10.0. The number of piperidine rings is 1. The molecular formula is C16H20N4O3S. The Labute approximate surface area is 144 Å². The summed E-state index contributed by atoms with van der Waals surface area (Å²) in [4.78, 5) is 35.6. The second-order valence-electron chi connectivity index (χ2n) is 5.83. The summed E-state index contributed by atoms with van der Waals surface area (Å²) in [5.74, 6) is 0.461. The highest BCUT2D eigenvalue weighted by molar-refractivity contribution is 7.20. The van der Waals surface area contributed by atoms with Crippen molar-refractivity contribution in [3.8, 4) is 0 Å². The van der Waals surface area contributed by atoms with E-state index < -0.39 is 0 Å². The number of ether oxygens (including phenoxy) is 1. The van der Waals surface area contributed by atoms with Gasteiger partial charge < -0.3 is 15.0 Å². The Morgan fingerprint density at radius 2 is 2.29 bits per heavy atom. The predicted octanol–water partition coefficient (Wildman–Crippen LogP) is 2.21. The van der Waals surface area contributed by atoms with Gasteiger partial charge in [-0.25, -0.2) is 14.8 Å².